The Morgan fingerprint density at radius 3 is 2.70 bits per heavy atom. The van der Waals surface area contributed by atoms with Gasteiger partial charge in [-0.15, -0.1) is 0 Å². The van der Waals surface area contributed by atoms with Crippen LogP contribution in [0.5, 0.6) is 0 Å². The summed E-state index contributed by atoms with van der Waals surface area (Å²) in [6.45, 7) is 3.93. The van der Waals surface area contributed by atoms with Crippen molar-refractivity contribution in [3.8, 4) is 0 Å². The molecular weight excluding hydrogens is 438 g/mol. The lowest BCUT2D eigenvalue weighted by Gasteiger charge is -2.31. The van der Waals surface area contributed by atoms with Gasteiger partial charge in [-0.05, 0) is 49.5 Å². The number of amides is 1. The summed E-state index contributed by atoms with van der Waals surface area (Å²) in [6.07, 6.45) is 4.38. The van der Waals surface area contributed by atoms with E-state index in [1.165, 1.54) is 4.74 Å². The van der Waals surface area contributed by atoms with Gasteiger partial charge in [0.15, 0.2) is 13.9 Å². The first kappa shape index (κ1) is 21.8. The van der Waals surface area contributed by atoms with Crippen molar-refractivity contribution in [3.05, 3.63) is 39.9 Å². The van der Waals surface area contributed by atoms with Gasteiger partial charge in [0.05, 0.1) is 28.9 Å². The minimum atomic E-state index is -2.03. The van der Waals surface area contributed by atoms with E-state index >= 15 is 0 Å². The van der Waals surface area contributed by atoms with Crippen LogP contribution >= 0.6 is 0 Å². The molecular formula is C23H29N5O4Si. The second-order valence-electron chi connectivity index (χ2n) is 9.77. The number of likely N-dealkylation sites (N-methyl/N-ethyl adjacent to an activating group) is 1. The molecule has 33 heavy (non-hydrogen) atoms. The zero-order chi connectivity index (χ0) is 23.5. The monoisotopic (exact) mass is 467 g/mol. The normalized spacial score (nSPS) is 25.0. The molecule has 1 fully saturated rings. The summed E-state index contributed by atoms with van der Waals surface area (Å²) in [5.41, 5.74) is 3.42. The molecule has 0 aliphatic carbocycles. The van der Waals surface area contributed by atoms with E-state index in [1.54, 1.807) is 37.3 Å². The van der Waals surface area contributed by atoms with Gasteiger partial charge in [0.2, 0.25) is 11.9 Å². The van der Waals surface area contributed by atoms with E-state index in [9.17, 15) is 14.4 Å². The number of aromatic nitrogens is 3. The Hall–Kier alpha value is -2.98. The summed E-state index contributed by atoms with van der Waals surface area (Å²) in [5.74, 6) is 0.582. The Labute approximate surface area is 192 Å². The number of benzene rings is 1. The van der Waals surface area contributed by atoms with Crippen molar-refractivity contribution in [1.29, 1.82) is 0 Å². The van der Waals surface area contributed by atoms with Crippen LogP contribution in [0.3, 0.4) is 0 Å². The number of carbonyl (C=O) groups excluding carboxylic acids is 1. The minimum Gasteiger partial charge on any atom is -0.432 e. The first-order valence-electron chi connectivity index (χ1n) is 11.4. The summed E-state index contributed by atoms with van der Waals surface area (Å²) in [4.78, 5) is 46.4. The van der Waals surface area contributed by atoms with Crippen molar-refractivity contribution >= 4 is 42.5 Å². The number of nitrogens with zero attached hydrogens (tertiary/aromatic N) is 4. The van der Waals surface area contributed by atoms with E-state index < -0.39 is 8.32 Å². The van der Waals surface area contributed by atoms with Gasteiger partial charge in [-0.3, -0.25) is 9.59 Å². The Bertz CT molecular complexity index is 1300. The third-order valence-electron chi connectivity index (χ3n) is 7.19. The van der Waals surface area contributed by atoms with E-state index in [2.05, 4.69) is 10.3 Å². The number of fused-ring (bicyclic) bond motifs is 2. The highest BCUT2D eigenvalue weighted by Gasteiger charge is 2.40. The smallest absolute Gasteiger partial charge is 0.290 e. The summed E-state index contributed by atoms with van der Waals surface area (Å²) in [7, 11) is 1.32. The van der Waals surface area contributed by atoms with Crippen LogP contribution in [0.4, 0.5) is 17.3 Å². The average molecular weight is 468 g/mol. The second kappa shape index (κ2) is 7.81. The molecule has 10 heteroatoms. The van der Waals surface area contributed by atoms with Crippen molar-refractivity contribution < 1.29 is 14.1 Å². The second-order valence-corrected chi connectivity index (χ2v) is 13.8. The van der Waals surface area contributed by atoms with Crippen LogP contribution in [0.2, 0.25) is 18.6 Å². The predicted molar refractivity (Wildman–Crippen MR) is 128 cm³/mol. The van der Waals surface area contributed by atoms with Crippen LogP contribution in [0, 0.1) is 12.8 Å². The lowest BCUT2D eigenvalue weighted by molar-refractivity contribution is -0.119. The molecule has 0 spiro atoms. The number of anilines is 3. The number of nitrogens with one attached hydrogen (secondary N) is 1. The Morgan fingerprint density at radius 2 is 1.97 bits per heavy atom. The van der Waals surface area contributed by atoms with Crippen LogP contribution in [-0.2, 0) is 11.8 Å². The zero-order valence-corrected chi connectivity index (χ0v) is 20.4. The van der Waals surface area contributed by atoms with E-state index in [-0.39, 0.29) is 17.4 Å². The lowest BCUT2D eigenvalue weighted by Crippen LogP contribution is -2.35. The fourth-order valence-corrected chi connectivity index (χ4v) is 7.37. The van der Waals surface area contributed by atoms with E-state index in [1.807, 2.05) is 13.5 Å². The molecule has 4 heterocycles. The van der Waals surface area contributed by atoms with Gasteiger partial charge >= 0.3 is 0 Å². The first-order valence-corrected chi connectivity index (χ1v) is 14.2. The molecule has 1 saturated heterocycles. The standard InChI is InChI=1S/C23H29N5O4Si/c1-13-9-15-19(32-28(3)22(15)30)11-17(13)25-23-24-12-18-20(26-23)16(21(29)27(18)2)10-14-5-7-33(4,31)8-6-14/h9,11-12,14,16,31H,5-8,10H2,1-4H3,(H,24,25,26). The maximum absolute atomic E-state index is 13.0. The van der Waals surface area contributed by atoms with Crippen molar-refractivity contribution in [2.45, 2.75) is 50.7 Å². The van der Waals surface area contributed by atoms with Crippen molar-refractivity contribution in [3.63, 3.8) is 0 Å². The molecule has 0 radical (unpaired) electrons. The molecule has 3 aromatic rings. The Kier molecular flexibility index (Phi) is 5.17. The topological polar surface area (TPSA) is 113 Å². The van der Waals surface area contributed by atoms with Crippen LogP contribution < -0.4 is 15.8 Å². The number of rotatable bonds is 4. The van der Waals surface area contributed by atoms with Gasteiger partial charge in [0.25, 0.3) is 5.56 Å². The summed E-state index contributed by atoms with van der Waals surface area (Å²) in [6, 6.07) is 5.36. The summed E-state index contributed by atoms with van der Waals surface area (Å²) >= 11 is 0. The Balaban J connectivity index is 1.42. The van der Waals surface area contributed by atoms with Crippen molar-refractivity contribution in [2.24, 2.45) is 13.0 Å². The molecule has 0 saturated carbocycles. The molecule has 2 aliphatic rings. The average Bonchev–Trinajstić information content (AvgIpc) is 3.17. The Morgan fingerprint density at radius 1 is 1.24 bits per heavy atom. The van der Waals surface area contributed by atoms with Crippen molar-refractivity contribution in [2.75, 3.05) is 17.3 Å². The molecule has 2 aromatic heterocycles. The van der Waals surface area contributed by atoms with Crippen LogP contribution in [0.15, 0.2) is 27.6 Å². The van der Waals surface area contributed by atoms with E-state index in [4.69, 9.17) is 9.51 Å². The quantitative estimate of drug-likeness (QED) is 0.565. The number of carbonyl (C=O) groups is 1. The fraction of sp³-hybridized carbons (Fsp3) is 0.478. The molecule has 1 unspecified atom stereocenters. The van der Waals surface area contributed by atoms with Gasteiger partial charge < -0.3 is 19.5 Å². The van der Waals surface area contributed by atoms with Crippen LogP contribution in [-0.4, -0.2) is 40.8 Å². The van der Waals surface area contributed by atoms with Crippen molar-refractivity contribution in [1.82, 2.24) is 14.7 Å². The minimum absolute atomic E-state index is 0.0506. The van der Waals surface area contributed by atoms with E-state index in [0.717, 1.165) is 54.0 Å². The zero-order valence-electron chi connectivity index (χ0n) is 19.4. The van der Waals surface area contributed by atoms with Crippen LogP contribution in [0.25, 0.3) is 11.0 Å². The molecule has 1 atom stereocenters. The molecule has 174 valence electrons. The molecule has 2 aliphatic heterocycles. The maximum atomic E-state index is 13.0. The highest BCUT2D eigenvalue weighted by Crippen LogP contribution is 2.43. The molecule has 2 N–H and O–H groups in total. The predicted octanol–water partition coefficient (Wildman–Crippen LogP) is 3.40. The molecule has 9 nitrogen and oxygen atoms in total. The highest BCUT2D eigenvalue weighted by molar-refractivity contribution is 6.71. The fourth-order valence-electron chi connectivity index (χ4n) is 5.06. The van der Waals surface area contributed by atoms with Gasteiger partial charge in [-0.25, -0.2) is 9.97 Å². The molecule has 1 amide bonds. The lowest BCUT2D eigenvalue weighted by atomic mass is 9.89. The third kappa shape index (κ3) is 3.87. The van der Waals surface area contributed by atoms with Gasteiger partial charge in [-0.1, -0.05) is 12.8 Å². The number of aryl methyl sites for hydroxylation is 2. The number of hydrogen-bond donors (Lipinski definition) is 2. The SMILES string of the molecule is Cc1cc2c(=O)n(C)oc2cc1Nc1ncc2c(n1)C(CC1CC[Si](C)(O)CC1)C(=O)N2C. The van der Waals surface area contributed by atoms with E-state index in [0.29, 0.717) is 22.8 Å². The molecule has 1 aromatic carbocycles. The highest BCUT2D eigenvalue weighted by atomic mass is 28.4. The van der Waals surface area contributed by atoms with Gasteiger partial charge in [-0.2, -0.15) is 4.74 Å². The largest absolute Gasteiger partial charge is 0.432 e. The molecule has 5 rings (SSSR count). The molecule has 0 bridgehead atoms. The first-order chi connectivity index (χ1) is 15.6. The third-order valence-corrected chi connectivity index (χ3v) is 9.93. The van der Waals surface area contributed by atoms with Gasteiger partial charge in [0.1, 0.15) is 0 Å². The summed E-state index contributed by atoms with van der Waals surface area (Å²) < 4.78 is 6.71. The number of hydrogen-bond acceptors (Lipinski definition) is 7. The maximum Gasteiger partial charge on any atom is 0.290 e. The van der Waals surface area contributed by atoms with Gasteiger partial charge in [0, 0.05) is 25.8 Å². The summed E-state index contributed by atoms with van der Waals surface area (Å²) in [5, 5.41) is 3.76. The van der Waals surface area contributed by atoms with Crippen LogP contribution in [0.1, 0.15) is 36.4 Å².